The first kappa shape index (κ1) is 12.6. The monoisotopic (exact) mass is 316 g/mol. The van der Waals surface area contributed by atoms with Gasteiger partial charge in [0.05, 0.1) is 0 Å². The van der Waals surface area contributed by atoms with Crippen molar-refractivity contribution in [1.82, 2.24) is 0 Å². The van der Waals surface area contributed by atoms with Crippen molar-refractivity contribution in [3.63, 3.8) is 0 Å². The van der Waals surface area contributed by atoms with Crippen LogP contribution in [0.3, 0.4) is 0 Å². The van der Waals surface area contributed by atoms with E-state index in [0.717, 1.165) is 6.42 Å². The molecule has 1 fully saturated rings. The maximum absolute atomic E-state index is 13.8. The van der Waals surface area contributed by atoms with Crippen LogP contribution < -0.4 is 0 Å². The van der Waals surface area contributed by atoms with E-state index < -0.39 is 6.17 Å². The summed E-state index contributed by atoms with van der Waals surface area (Å²) in [6.45, 7) is 4.00. The Labute approximate surface area is 98.7 Å². The highest BCUT2D eigenvalue weighted by Gasteiger charge is 2.42. The van der Waals surface area contributed by atoms with E-state index in [1.54, 1.807) is 7.11 Å². The lowest BCUT2D eigenvalue weighted by molar-refractivity contribution is -0.239. The van der Waals surface area contributed by atoms with Crippen molar-refractivity contribution < 1.29 is 13.9 Å². The molecule has 1 saturated heterocycles. The third kappa shape index (κ3) is 2.39. The molecule has 0 unspecified atom stereocenters. The lowest BCUT2D eigenvalue weighted by Gasteiger charge is -2.41. The van der Waals surface area contributed by atoms with Gasteiger partial charge in [-0.05, 0) is 12.3 Å². The fourth-order valence-corrected chi connectivity index (χ4v) is 2.78. The molecular formula is C10H18FIO2. The van der Waals surface area contributed by atoms with Crippen molar-refractivity contribution in [3.8, 4) is 0 Å². The lowest BCUT2D eigenvalue weighted by atomic mass is 9.83. The summed E-state index contributed by atoms with van der Waals surface area (Å²) in [4.78, 5) is 0. The van der Waals surface area contributed by atoms with Gasteiger partial charge in [0.25, 0.3) is 0 Å². The predicted octanol–water partition coefficient (Wildman–Crippen LogP) is 2.79. The van der Waals surface area contributed by atoms with Gasteiger partial charge in [0.1, 0.15) is 12.3 Å². The van der Waals surface area contributed by atoms with Gasteiger partial charge in [-0.15, -0.1) is 0 Å². The first-order chi connectivity index (χ1) is 6.65. The zero-order chi connectivity index (χ0) is 10.7. The van der Waals surface area contributed by atoms with Gasteiger partial charge >= 0.3 is 0 Å². The van der Waals surface area contributed by atoms with E-state index in [1.807, 2.05) is 13.8 Å². The molecule has 4 heteroatoms. The zero-order valence-corrected chi connectivity index (χ0v) is 11.0. The Hall–Kier alpha value is 0.580. The number of hydrogen-bond donors (Lipinski definition) is 0. The summed E-state index contributed by atoms with van der Waals surface area (Å²) in [5, 5.41) is 0. The molecule has 0 amide bonds. The molecule has 0 saturated carbocycles. The van der Waals surface area contributed by atoms with E-state index in [4.69, 9.17) is 9.47 Å². The molecule has 0 aliphatic carbocycles. The Kier molecular flexibility index (Phi) is 5.06. The lowest BCUT2D eigenvalue weighted by Crippen LogP contribution is -2.49. The summed E-state index contributed by atoms with van der Waals surface area (Å²) in [5.41, 5.74) is 0. The van der Waals surface area contributed by atoms with Crippen molar-refractivity contribution in [2.45, 2.75) is 38.8 Å². The van der Waals surface area contributed by atoms with Crippen LogP contribution in [0.25, 0.3) is 0 Å². The van der Waals surface area contributed by atoms with Gasteiger partial charge in [-0.1, -0.05) is 36.4 Å². The summed E-state index contributed by atoms with van der Waals surface area (Å²) in [6, 6.07) is 0. The Morgan fingerprint density at radius 1 is 1.50 bits per heavy atom. The van der Waals surface area contributed by atoms with Crippen molar-refractivity contribution in [2.24, 2.45) is 11.8 Å². The van der Waals surface area contributed by atoms with Crippen LogP contribution in [0, 0.1) is 11.8 Å². The first-order valence-electron chi connectivity index (χ1n) is 5.04. The van der Waals surface area contributed by atoms with Gasteiger partial charge < -0.3 is 9.47 Å². The molecular weight excluding hydrogens is 298 g/mol. The van der Waals surface area contributed by atoms with Crippen LogP contribution in [0.4, 0.5) is 4.39 Å². The Bertz CT molecular complexity index is 178. The molecule has 1 heterocycles. The molecule has 0 radical (unpaired) electrons. The smallest absolute Gasteiger partial charge is 0.160 e. The molecule has 2 nitrogen and oxygen atoms in total. The van der Waals surface area contributed by atoms with Crippen LogP contribution in [-0.2, 0) is 9.47 Å². The maximum Gasteiger partial charge on any atom is 0.160 e. The van der Waals surface area contributed by atoms with Crippen molar-refractivity contribution in [1.29, 1.82) is 0 Å². The number of rotatable bonds is 3. The van der Waals surface area contributed by atoms with Gasteiger partial charge in [-0.2, -0.15) is 0 Å². The molecule has 0 N–H and O–H groups in total. The average Bonchev–Trinajstić information content (AvgIpc) is 2.21. The topological polar surface area (TPSA) is 18.5 Å². The molecule has 1 aliphatic rings. The molecule has 0 bridgehead atoms. The van der Waals surface area contributed by atoms with Crippen LogP contribution >= 0.6 is 22.6 Å². The quantitative estimate of drug-likeness (QED) is 0.589. The van der Waals surface area contributed by atoms with Crippen LogP contribution in [0.15, 0.2) is 0 Å². The standard InChI is InChI=1S/C10H18FIO2/c1-4-7-6(2)9(11)8(5-12)14-10(7)13-3/h6-10H,4-5H2,1-3H3/t6-,7-,8-,9-,10+/m1/s1. The summed E-state index contributed by atoms with van der Waals surface area (Å²) in [6.07, 6.45) is -0.503. The SMILES string of the molecule is CC[C@H]1[C@@H](OC)O[C@H](CI)[C@H](F)[C@@H]1C. The Morgan fingerprint density at radius 3 is 2.57 bits per heavy atom. The average molecular weight is 316 g/mol. The first-order valence-corrected chi connectivity index (χ1v) is 6.56. The largest absolute Gasteiger partial charge is 0.356 e. The maximum atomic E-state index is 13.8. The minimum atomic E-state index is -0.858. The molecule has 84 valence electrons. The van der Waals surface area contributed by atoms with Crippen LogP contribution in [0.1, 0.15) is 20.3 Å². The van der Waals surface area contributed by atoms with E-state index in [9.17, 15) is 4.39 Å². The fourth-order valence-electron chi connectivity index (χ4n) is 2.09. The molecule has 5 atom stereocenters. The second-order valence-corrected chi connectivity index (χ2v) is 4.69. The number of ether oxygens (including phenoxy) is 2. The minimum absolute atomic E-state index is 0.0264. The highest BCUT2D eigenvalue weighted by molar-refractivity contribution is 14.1. The van der Waals surface area contributed by atoms with Crippen molar-refractivity contribution in [2.75, 3.05) is 11.5 Å². The van der Waals surface area contributed by atoms with Crippen molar-refractivity contribution >= 4 is 22.6 Å². The van der Waals surface area contributed by atoms with E-state index >= 15 is 0 Å². The predicted molar refractivity (Wildman–Crippen MR) is 62.4 cm³/mol. The molecule has 1 aliphatic heterocycles. The second kappa shape index (κ2) is 5.61. The highest BCUT2D eigenvalue weighted by Crippen LogP contribution is 2.35. The molecule has 0 spiro atoms. The van der Waals surface area contributed by atoms with E-state index in [0.29, 0.717) is 4.43 Å². The van der Waals surface area contributed by atoms with Gasteiger partial charge in [0.2, 0.25) is 0 Å². The van der Waals surface area contributed by atoms with Gasteiger partial charge in [0, 0.05) is 17.5 Å². The van der Waals surface area contributed by atoms with Crippen LogP contribution in [-0.4, -0.2) is 30.1 Å². The highest BCUT2D eigenvalue weighted by atomic mass is 127. The molecule has 0 aromatic heterocycles. The number of methoxy groups -OCH3 is 1. The molecule has 1 rings (SSSR count). The Morgan fingerprint density at radius 2 is 2.14 bits per heavy atom. The van der Waals surface area contributed by atoms with Crippen molar-refractivity contribution in [3.05, 3.63) is 0 Å². The summed E-state index contributed by atoms with van der Waals surface area (Å²) >= 11 is 2.16. The summed E-state index contributed by atoms with van der Waals surface area (Å²) in [5.74, 6) is 0.202. The third-order valence-corrected chi connectivity index (χ3v) is 3.92. The van der Waals surface area contributed by atoms with E-state index in [-0.39, 0.29) is 24.2 Å². The zero-order valence-electron chi connectivity index (χ0n) is 8.87. The minimum Gasteiger partial charge on any atom is -0.356 e. The van der Waals surface area contributed by atoms with E-state index in [2.05, 4.69) is 22.6 Å². The summed E-state index contributed by atoms with van der Waals surface area (Å²) < 4.78 is 25.3. The van der Waals surface area contributed by atoms with E-state index in [1.165, 1.54) is 0 Å². The number of alkyl halides is 2. The van der Waals surface area contributed by atoms with Crippen LogP contribution in [0.2, 0.25) is 0 Å². The van der Waals surface area contributed by atoms with Gasteiger partial charge in [-0.3, -0.25) is 0 Å². The van der Waals surface area contributed by atoms with Gasteiger partial charge in [0.15, 0.2) is 6.29 Å². The third-order valence-electron chi connectivity index (χ3n) is 3.05. The summed E-state index contributed by atoms with van der Waals surface area (Å²) in [7, 11) is 1.63. The molecule has 14 heavy (non-hydrogen) atoms. The Balaban J connectivity index is 2.71. The second-order valence-electron chi connectivity index (χ2n) is 3.81. The van der Waals surface area contributed by atoms with Crippen LogP contribution in [0.5, 0.6) is 0 Å². The number of halogens is 2. The number of hydrogen-bond acceptors (Lipinski definition) is 2. The molecule has 0 aromatic carbocycles. The normalized spacial score (nSPS) is 43.9. The van der Waals surface area contributed by atoms with Gasteiger partial charge in [-0.25, -0.2) is 4.39 Å². The molecule has 0 aromatic rings. The fraction of sp³-hybridized carbons (Fsp3) is 1.00.